The van der Waals surface area contributed by atoms with Crippen molar-refractivity contribution < 1.29 is 0 Å². The number of rotatable bonds is 8. The maximum Gasteiger partial charge on any atom is 0.113 e. The Balaban J connectivity index is 1.15. The van der Waals surface area contributed by atoms with E-state index in [-0.39, 0.29) is 0 Å². The highest BCUT2D eigenvalue weighted by Crippen LogP contribution is 2.48. The Hall–Kier alpha value is -6.99. The van der Waals surface area contributed by atoms with E-state index in [9.17, 15) is 0 Å². The molecular formula is C59H50N2Si2. The number of nitrogens with zero attached hydrogens (tertiary/aromatic N) is 2. The predicted molar refractivity (Wildman–Crippen MR) is 279 cm³/mol. The van der Waals surface area contributed by atoms with Gasteiger partial charge in [0.25, 0.3) is 0 Å². The van der Waals surface area contributed by atoms with Gasteiger partial charge in [0, 0.05) is 33.7 Å². The van der Waals surface area contributed by atoms with Crippen LogP contribution in [0.3, 0.4) is 0 Å². The Kier molecular flexibility index (Phi) is 9.34. The van der Waals surface area contributed by atoms with Gasteiger partial charge in [0.2, 0.25) is 0 Å². The van der Waals surface area contributed by atoms with Crippen LogP contribution in [0.5, 0.6) is 0 Å². The summed E-state index contributed by atoms with van der Waals surface area (Å²) < 4.78 is 0. The third-order valence-electron chi connectivity index (χ3n) is 13.4. The van der Waals surface area contributed by atoms with Gasteiger partial charge in [0.1, 0.15) is 8.07 Å². The summed E-state index contributed by atoms with van der Waals surface area (Å²) in [7, 11) is -3.69. The van der Waals surface area contributed by atoms with Crippen molar-refractivity contribution in [2.45, 2.75) is 32.7 Å². The van der Waals surface area contributed by atoms with Crippen molar-refractivity contribution in [2.75, 3.05) is 9.80 Å². The first-order valence-corrected chi connectivity index (χ1v) is 28.7. The van der Waals surface area contributed by atoms with Gasteiger partial charge >= 0.3 is 0 Å². The summed E-state index contributed by atoms with van der Waals surface area (Å²) in [6.07, 6.45) is 0. The molecule has 1 heterocycles. The van der Waals surface area contributed by atoms with Crippen LogP contribution in [0.25, 0.3) is 54.6 Å². The number of anilines is 6. The highest BCUT2D eigenvalue weighted by atomic mass is 28.3. The molecular weight excluding hydrogens is 793 g/mol. The molecule has 304 valence electrons. The summed E-state index contributed by atoms with van der Waals surface area (Å²) in [4.78, 5) is 4.92. The van der Waals surface area contributed by atoms with Gasteiger partial charge < -0.3 is 9.80 Å². The van der Waals surface area contributed by atoms with E-state index in [1.165, 1.54) is 92.9 Å². The lowest BCUT2D eigenvalue weighted by atomic mass is 9.89. The number of hydrogen-bond donors (Lipinski definition) is 0. The molecule has 0 aromatic heterocycles. The van der Waals surface area contributed by atoms with Crippen LogP contribution in [0.2, 0.25) is 32.7 Å². The molecule has 0 spiro atoms. The number of benzene rings is 10. The second-order valence-corrected chi connectivity index (χ2v) is 28.0. The zero-order chi connectivity index (χ0) is 42.9. The van der Waals surface area contributed by atoms with Gasteiger partial charge in [0.15, 0.2) is 0 Å². The Morgan fingerprint density at radius 1 is 0.349 bits per heavy atom. The fraction of sp³-hybridized carbons (Fsp3) is 0.0847. The maximum absolute atomic E-state index is 2.55. The van der Waals surface area contributed by atoms with E-state index in [0.29, 0.717) is 0 Å². The topological polar surface area (TPSA) is 6.48 Å². The average Bonchev–Trinajstić information content (AvgIpc) is 3.32. The summed E-state index contributed by atoms with van der Waals surface area (Å²) >= 11 is 0. The zero-order valence-corrected chi connectivity index (χ0v) is 38.6. The molecule has 1 aliphatic heterocycles. The van der Waals surface area contributed by atoms with E-state index in [1.807, 2.05) is 0 Å². The average molecular weight is 843 g/mol. The Morgan fingerprint density at radius 3 is 1.60 bits per heavy atom. The monoisotopic (exact) mass is 842 g/mol. The minimum absolute atomic E-state index is 1.13. The molecule has 0 saturated heterocycles. The fourth-order valence-electron chi connectivity index (χ4n) is 10.2. The molecule has 0 amide bonds. The minimum atomic E-state index is -2.23. The van der Waals surface area contributed by atoms with Gasteiger partial charge in [-0.3, -0.25) is 0 Å². The van der Waals surface area contributed by atoms with Gasteiger partial charge in [-0.15, -0.1) is 0 Å². The van der Waals surface area contributed by atoms with E-state index < -0.39 is 16.1 Å². The van der Waals surface area contributed by atoms with Crippen LogP contribution < -0.4 is 25.4 Å². The standard InChI is InChI=1S/C59H50N2Si2/c1-62(2,3)46-35-32-44(33-36-46)60(42-22-11-7-12-23-42)45-34-37-50-54-39-52-48-27-15-16-28-49(48)56(40-53(52)51-29-19-31-57(59(51)54)63(4,5)58(50)38-45)61(43-24-13-8-14-25-43)55-30-18-17-26-47(55)41-20-9-6-10-21-41/h6-40H,1-5H3. The normalized spacial score (nSPS) is 13.0. The molecule has 10 aromatic rings. The number of para-hydroxylation sites is 3. The second-order valence-electron chi connectivity index (χ2n) is 18.6. The van der Waals surface area contributed by atoms with Crippen molar-refractivity contribution in [3.63, 3.8) is 0 Å². The number of fused-ring (bicyclic) bond motifs is 6. The lowest BCUT2D eigenvalue weighted by Gasteiger charge is -2.36. The van der Waals surface area contributed by atoms with Crippen LogP contribution in [0.4, 0.5) is 34.1 Å². The van der Waals surface area contributed by atoms with E-state index in [2.05, 4.69) is 255 Å². The first-order chi connectivity index (χ1) is 30.7. The molecule has 63 heavy (non-hydrogen) atoms. The van der Waals surface area contributed by atoms with E-state index >= 15 is 0 Å². The van der Waals surface area contributed by atoms with Gasteiger partial charge in [-0.2, -0.15) is 0 Å². The van der Waals surface area contributed by atoms with Crippen molar-refractivity contribution in [1.29, 1.82) is 0 Å². The van der Waals surface area contributed by atoms with Crippen LogP contribution in [0.1, 0.15) is 0 Å². The van der Waals surface area contributed by atoms with Crippen molar-refractivity contribution in [3.05, 3.63) is 212 Å². The highest BCUT2D eigenvalue weighted by molar-refractivity contribution is 7.03. The van der Waals surface area contributed by atoms with Crippen molar-refractivity contribution >= 4 is 98.1 Å². The first kappa shape index (κ1) is 38.9. The predicted octanol–water partition coefficient (Wildman–Crippen LogP) is 15.1. The lowest BCUT2D eigenvalue weighted by Crippen LogP contribution is -2.56. The van der Waals surface area contributed by atoms with Crippen molar-refractivity contribution in [2.24, 2.45) is 0 Å². The molecule has 0 aliphatic carbocycles. The first-order valence-electron chi connectivity index (χ1n) is 22.2. The van der Waals surface area contributed by atoms with Gasteiger partial charge in [0.05, 0.1) is 19.4 Å². The summed E-state index contributed by atoms with van der Waals surface area (Å²) in [5, 5.41) is 12.2. The lowest BCUT2D eigenvalue weighted by molar-refractivity contribution is 1.29. The fourth-order valence-corrected chi connectivity index (χ4v) is 14.4. The van der Waals surface area contributed by atoms with E-state index in [4.69, 9.17) is 0 Å². The summed E-state index contributed by atoms with van der Waals surface area (Å²) in [5.41, 5.74) is 12.1. The van der Waals surface area contributed by atoms with Crippen LogP contribution in [-0.2, 0) is 0 Å². The third-order valence-corrected chi connectivity index (χ3v) is 19.0. The molecule has 10 aromatic carbocycles. The van der Waals surface area contributed by atoms with Crippen molar-refractivity contribution in [1.82, 2.24) is 0 Å². The molecule has 0 radical (unpaired) electrons. The molecule has 1 aliphatic rings. The quantitative estimate of drug-likeness (QED) is 0.111. The van der Waals surface area contributed by atoms with Crippen molar-refractivity contribution in [3.8, 4) is 22.3 Å². The molecule has 0 unspecified atom stereocenters. The molecule has 2 nitrogen and oxygen atoms in total. The maximum atomic E-state index is 2.55. The molecule has 0 fully saturated rings. The van der Waals surface area contributed by atoms with E-state index in [0.717, 1.165) is 11.4 Å². The SMILES string of the molecule is C[Si](C)(C)c1ccc(N(c2ccccc2)c2ccc3c(c2)[Si](C)(C)c2cccc4c2c-3cc2c3ccccc3c(N(c3ccccc3)c3ccccc3-c3ccccc3)cc42)cc1. The van der Waals surface area contributed by atoms with Gasteiger partial charge in [-0.25, -0.2) is 0 Å². The minimum Gasteiger partial charge on any atom is -0.311 e. The van der Waals surface area contributed by atoms with Crippen LogP contribution in [-0.4, -0.2) is 16.1 Å². The van der Waals surface area contributed by atoms with Crippen LogP contribution in [0.15, 0.2) is 212 Å². The summed E-state index contributed by atoms with van der Waals surface area (Å²) in [5.74, 6) is 0. The Bertz CT molecular complexity index is 3340. The second kappa shape index (κ2) is 15.1. The van der Waals surface area contributed by atoms with Crippen LogP contribution in [0, 0.1) is 0 Å². The molecule has 0 saturated carbocycles. The molecule has 11 rings (SSSR count). The molecule has 0 atom stereocenters. The smallest absolute Gasteiger partial charge is 0.113 e. The van der Waals surface area contributed by atoms with E-state index in [1.54, 1.807) is 0 Å². The Morgan fingerprint density at radius 2 is 0.905 bits per heavy atom. The molecule has 0 N–H and O–H groups in total. The summed E-state index contributed by atoms with van der Waals surface area (Å²) in [6, 6.07) is 79.2. The van der Waals surface area contributed by atoms with Crippen LogP contribution >= 0.6 is 0 Å². The molecule has 4 heteroatoms. The third kappa shape index (κ3) is 6.52. The summed E-state index contributed by atoms with van der Waals surface area (Å²) in [6.45, 7) is 12.4. The number of hydrogen-bond acceptors (Lipinski definition) is 2. The zero-order valence-electron chi connectivity index (χ0n) is 36.6. The highest BCUT2D eigenvalue weighted by Gasteiger charge is 2.37. The Labute approximate surface area is 373 Å². The van der Waals surface area contributed by atoms with Gasteiger partial charge in [-0.1, -0.05) is 184 Å². The molecule has 0 bridgehead atoms. The van der Waals surface area contributed by atoms with Gasteiger partial charge in [-0.05, 0) is 121 Å². The largest absolute Gasteiger partial charge is 0.311 e.